The highest BCUT2D eigenvalue weighted by Gasteiger charge is 2.13. The Morgan fingerprint density at radius 3 is 3.00 bits per heavy atom. The van der Waals surface area contributed by atoms with Gasteiger partial charge in [-0.25, -0.2) is 0 Å². The van der Waals surface area contributed by atoms with Gasteiger partial charge < -0.3 is 15.2 Å². The van der Waals surface area contributed by atoms with E-state index in [2.05, 4.69) is 10.2 Å². The quantitative estimate of drug-likeness (QED) is 0.641. The Hall–Kier alpha value is -0.160. The SMILES string of the molecule is CNC(CCO)CN1CCCOCC1. The number of likely N-dealkylation sites (N-methyl/N-ethyl adjacent to an activating group) is 1. The summed E-state index contributed by atoms with van der Waals surface area (Å²) in [6.07, 6.45) is 1.95. The Kier molecular flexibility index (Phi) is 6.10. The summed E-state index contributed by atoms with van der Waals surface area (Å²) in [6, 6.07) is 0.401. The fraction of sp³-hybridized carbons (Fsp3) is 1.00. The second-order valence-electron chi connectivity index (χ2n) is 3.76. The molecule has 84 valence electrons. The summed E-state index contributed by atoms with van der Waals surface area (Å²) in [5.41, 5.74) is 0. The van der Waals surface area contributed by atoms with E-state index in [9.17, 15) is 0 Å². The molecule has 1 rings (SSSR count). The standard InChI is InChI=1S/C10H22N2O2/c1-11-10(3-6-13)9-12-4-2-7-14-8-5-12/h10-11,13H,2-9H2,1H3. The molecule has 1 fully saturated rings. The van der Waals surface area contributed by atoms with Crippen LogP contribution in [0.25, 0.3) is 0 Å². The molecule has 0 aromatic heterocycles. The molecule has 0 aliphatic carbocycles. The van der Waals surface area contributed by atoms with Crippen molar-refractivity contribution >= 4 is 0 Å². The first-order valence-electron chi connectivity index (χ1n) is 5.45. The molecule has 1 aliphatic rings. The molecule has 1 saturated heterocycles. The van der Waals surface area contributed by atoms with Crippen LogP contribution in [0.15, 0.2) is 0 Å². The zero-order chi connectivity index (χ0) is 10.2. The van der Waals surface area contributed by atoms with Crippen molar-refractivity contribution in [3.05, 3.63) is 0 Å². The van der Waals surface area contributed by atoms with Gasteiger partial charge in [0.2, 0.25) is 0 Å². The number of hydrogen-bond acceptors (Lipinski definition) is 4. The van der Waals surface area contributed by atoms with Crippen molar-refractivity contribution in [2.75, 3.05) is 46.5 Å². The van der Waals surface area contributed by atoms with E-state index in [4.69, 9.17) is 9.84 Å². The fourth-order valence-electron chi connectivity index (χ4n) is 1.77. The van der Waals surface area contributed by atoms with E-state index in [1.165, 1.54) is 0 Å². The van der Waals surface area contributed by atoms with Gasteiger partial charge in [0.05, 0.1) is 6.61 Å². The molecule has 2 N–H and O–H groups in total. The lowest BCUT2D eigenvalue weighted by atomic mass is 10.2. The van der Waals surface area contributed by atoms with E-state index in [0.29, 0.717) is 6.04 Å². The van der Waals surface area contributed by atoms with Crippen LogP contribution in [0, 0.1) is 0 Å². The van der Waals surface area contributed by atoms with Gasteiger partial charge in [-0.15, -0.1) is 0 Å². The molecule has 0 amide bonds. The van der Waals surface area contributed by atoms with Crippen LogP contribution >= 0.6 is 0 Å². The number of nitrogens with one attached hydrogen (secondary N) is 1. The number of aliphatic hydroxyl groups is 1. The van der Waals surface area contributed by atoms with Gasteiger partial charge in [-0.3, -0.25) is 4.90 Å². The predicted molar refractivity (Wildman–Crippen MR) is 56.4 cm³/mol. The van der Waals surface area contributed by atoms with Gasteiger partial charge in [-0.05, 0) is 19.9 Å². The summed E-state index contributed by atoms with van der Waals surface area (Å²) >= 11 is 0. The van der Waals surface area contributed by atoms with Crippen molar-refractivity contribution < 1.29 is 9.84 Å². The lowest BCUT2D eigenvalue weighted by Crippen LogP contribution is -2.41. The first-order valence-corrected chi connectivity index (χ1v) is 5.45. The lowest BCUT2D eigenvalue weighted by molar-refractivity contribution is 0.138. The lowest BCUT2D eigenvalue weighted by Gasteiger charge is -2.25. The highest BCUT2D eigenvalue weighted by atomic mass is 16.5. The maximum Gasteiger partial charge on any atom is 0.0593 e. The van der Waals surface area contributed by atoms with Crippen molar-refractivity contribution in [2.24, 2.45) is 0 Å². The van der Waals surface area contributed by atoms with E-state index in [-0.39, 0.29) is 6.61 Å². The van der Waals surface area contributed by atoms with Gasteiger partial charge >= 0.3 is 0 Å². The third kappa shape index (κ3) is 4.37. The van der Waals surface area contributed by atoms with Crippen molar-refractivity contribution in [2.45, 2.75) is 18.9 Å². The zero-order valence-corrected chi connectivity index (χ0v) is 9.04. The van der Waals surface area contributed by atoms with Crippen LogP contribution < -0.4 is 5.32 Å². The summed E-state index contributed by atoms with van der Waals surface area (Å²) in [5.74, 6) is 0. The number of hydrogen-bond donors (Lipinski definition) is 2. The molecular formula is C10H22N2O2. The third-order valence-electron chi connectivity index (χ3n) is 2.68. The second kappa shape index (κ2) is 7.17. The molecule has 0 bridgehead atoms. The molecule has 0 aromatic carbocycles. The number of nitrogens with zero attached hydrogens (tertiary/aromatic N) is 1. The molecule has 1 atom stereocenters. The Morgan fingerprint density at radius 2 is 2.29 bits per heavy atom. The molecule has 1 heterocycles. The number of rotatable bonds is 5. The summed E-state index contributed by atoms with van der Waals surface area (Å²) in [6.45, 7) is 5.14. The zero-order valence-electron chi connectivity index (χ0n) is 9.04. The van der Waals surface area contributed by atoms with E-state index in [1.807, 2.05) is 7.05 Å². The van der Waals surface area contributed by atoms with Crippen molar-refractivity contribution in [3.8, 4) is 0 Å². The largest absolute Gasteiger partial charge is 0.396 e. The highest BCUT2D eigenvalue weighted by molar-refractivity contribution is 4.71. The van der Waals surface area contributed by atoms with Crippen LogP contribution in [0.5, 0.6) is 0 Å². The first-order chi connectivity index (χ1) is 6.86. The average Bonchev–Trinajstić information content (AvgIpc) is 2.45. The first kappa shape index (κ1) is 11.9. The Labute approximate surface area is 86.2 Å². The monoisotopic (exact) mass is 202 g/mol. The summed E-state index contributed by atoms with van der Waals surface area (Å²) in [5, 5.41) is 12.1. The van der Waals surface area contributed by atoms with E-state index in [1.54, 1.807) is 0 Å². The van der Waals surface area contributed by atoms with E-state index >= 15 is 0 Å². The van der Waals surface area contributed by atoms with Gasteiger partial charge in [0.15, 0.2) is 0 Å². The predicted octanol–water partition coefficient (Wildman–Crippen LogP) is -0.321. The normalized spacial score (nSPS) is 21.9. The van der Waals surface area contributed by atoms with Gasteiger partial charge in [0, 0.05) is 38.9 Å². The Balaban J connectivity index is 2.24. The van der Waals surface area contributed by atoms with Crippen LogP contribution in [-0.2, 0) is 4.74 Å². The van der Waals surface area contributed by atoms with E-state index in [0.717, 1.165) is 45.7 Å². The maximum atomic E-state index is 8.87. The smallest absolute Gasteiger partial charge is 0.0593 e. The van der Waals surface area contributed by atoms with Crippen molar-refractivity contribution in [3.63, 3.8) is 0 Å². The third-order valence-corrected chi connectivity index (χ3v) is 2.68. The molecule has 0 saturated carbocycles. The highest BCUT2D eigenvalue weighted by Crippen LogP contribution is 2.02. The molecule has 4 nitrogen and oxygen atoms in total. The minimum absolute atomic E-state index is 0.260. The molecular weight excluding hydrogens is 180 g/mol. The second-order valence-corrected chi connectivity index (χ2v) is 3.76. The Bertz CT molecular complexity index is 136. The fourth-order valence-corrected chi connectivity index (χ4v) is 1.77. The topological polar surface area (TPSA) is 44.7 Å². The van der Waals surface area contributed by atoms with Gasteiger partial charge in [-0.2, -0.15) is 0 Å². The molecule has 0 spiro atoms. The molecule has 1 unspecified atom stereocenters. The average molecular weight is 202 g/mol. The van der Waals surface area contributed by atoms with Crippen LogP contribution in [0.3, 0.4) is 0 Å². The van der Waals surface area contributed by atoms with Crippen LogP contribution in [-0.4, -0.2) is 62.6 Å². The molecule has 1 aliphatic heterocycles. The van der Waals surface area contributed by atoms with Gasteiger partial charge in [0.1, 0.15) is 0 Å². The summed E-state index contributed by atoms with van der Waals surface area (Å²) in [7, 11) is 1.95. The van der Waals surface area contributed by atoms with Crippen LogP contribution in [0.4, 0.5) is 0 Å². The minimum atomic E-state index is 0.260. The maximum absolute atomic E-state index is 8.87. The van der Waals surface area contributed by atoms with Gasteiger partial charge in [0.25, 0.3) is 0 Å². The molecule has 0 aromatic rings. The van der Waals surface area contributed by atoms with E-state index < -0.39 is 0 Å². The number of aliphatic hydroxyl groups excluding tert-OH is 1. The van der Waals surface area contributed by atoms with Crippen LogP contribution in [0.2, 0.25) is 0 Å². The number of ether oxygens (including phenoxy) is 1. The summed E-state index contributed by atoms with van der Waals surface area (Å²) < 4.78 is 5.39. The molecule has 0 radical (unpaired) electrons. The van der Waals surface area contributed by atoms with Gasteiger partial charge in [-0.1, -0.05) is 0 Å². The van der Waals surface area contributed by atoms with Crippen LogP contribution in [0.1, 0.15) is 12.8 Å². The summed E-state index contributed by atoms with van der Waals surface area (Å²) in [4.78, 5) is 2.41. The molecule has 4 heteroatoms. The molecule has 14 heavy (non-hydrogen) atoms. The minimum Gasteiger partial charge on any atom is -0.396 e. The van der Waals surface area contributed by atoms with Crippen molar-refractivity contribution in [1.82, 2.24) is 10.2 Å². The van der Waals surface area contributed by atoms with Crippen molar-refractivity contribution in [1.29, 1.82) is 0 Å². The Morgan fingerprint density at radius 1 is 1.43 bits per heavy atom.